The Hall–Kier alpha value is -1.92. The predicted octanol–water partition coefficient (Wildman–Crippen LogP) is 1.87. The Morgan fingerprint density at radius 1 is 1.48 bits per heavy atom. The average molecular weight is 288 g/mol. The molecule has 2 N–H and O–H groups in total. The second kappa shape index (κ2) is 6.24. The van der Waals surface area contributed by atoms with Gasteiger partial charge in [0.2, 0.25) is 5.89 Å². The quantitative estimate of drug-likeness (QED) is 0.905. The summed E-state index contributed by atoms with van der Waals surface area (Å²) in [6, 6.07) is 8.62. The molecule has 6 nitrogen and oxygen atoms in total. The zero-order valence-electron chi connectivity index (χ0n) is 12.2. The largest absolute Gasteiger partial charge is 0.497 e. The summed E-state index contributed by atoms with van der Waals surface area (Å²) in [6.07, 6.45) is 2.30. The van der Waals surface area contributed by atoms with Crippen LogP contribution in [0.15, 0.2) is 28.8 Å². The number of ether oxygens (including phenoxy) is 1. The van der Waals surface area contributed by atoms with E-state index in [-0.39, 0.29) is 6.54 Å². The number of benzene rings is 1. The van der Waals surface area contributed by atoms with Crippen LogP contribution in [0.3, 0.4) is 0 Å². The highest BCUT2D eigenvalue weighted by molar-refractivity contribution is 5.31. The maximum Gasteiger partial charge on any atom is 0.240 e. The summed E-state index contributed by atoms with van der Waals surface area (Å²) in [5, 5.41) is 3.98. The molecule has 0 spiro atoms. The van der Waals surface area contributed by atoms with E-state index in [1.807, 2.05) is 12.1 Å². The Morgan fingerprint density at radius 2 is 2.38 bits per heavy atom. The molecule has 1 aromatic heterocycles. The van der Waals surface area contributed by atoms with Crippen LogP contribution in [0.2, 0.25) is 0 Å². The molecule has 0 bridgehead atoms. The molecule has 0 saturated carbocycles. The number of nitrogens with two attached hydrogens (primary N) is 1. The van der Waals surface area contributed by atoms with Crippen molar-refractivity contribution in [2.75, 3.05) is 13.7 Å². The van der Waals surface area contributed by atoms with E-state index in [1.165, 1.54) is 12.0 Å². The van der Waals surface area contributed by atoms with Gasteiger partial charge in [0.15, 0.2) is 5.82 Å². The summed E-state index contributed by atoms with van der Waals surface area (Å²) in [7, 11) is 1.69. The van der Waals surface area contributed by atoms with Crippen LogP contribution in [0.5, 0.6) is 5.75 Å². The molecule has 21 heavy (non-hydrogen) atoms. The lowest BCUT2D eigenvalue weighted by atomic mass is 10.0. The number of hydrogen-bond donors (Lipinski definition) is 1. The van der Waals surface area contributed by atoms with Gasteiger partial charge < -0.3 is 15.0 Å². The van der Waals surface area contributed by atoms with Crippen molar-refractivity contribution in [2.45, 2.75) is 32.0 Å². The van der Waals surface area contributed by atoms with E-state index in [4.69, 9.17) is 15.0 Å². The Kier molecular flexibility index (Phi) is 4.17. The fourth-order valence-corrected chi connectivity index (χ4v) is 2.86. The smallest absolute Gasteiger partial charge is 0.240 e. The SMILES string of the molecule is COc1cccc(C2CCCN2Cc2noc(CN)n2)c1. The first-order valence-electron chi connectivity index (χ1n) is 7.19. The first-order valence-corrected chi connectivity index (χ1v) is 7.19. The molecular weight excluding hydrogens is 268 g/mol. The van der Waals surface area contributed by atoms with Crippen LogP contribution in [0.4, 0.5) is 0 Å². The second-order valence-corrected chi connectivity index (χ2v) is 5.21. The van der Waals surface area contributed by atoms with E-state index in [9.17, 15) is 0 Å². The molecule has 1 atom stereocenters. The molecule has 1 aliphatic rings. The number of rotatable bonds is 5. The van der Waals surface area contributed by atoms with Crippen molar-refractivity contribution in [1.82, 2.24) is 15.0 Å². The molecule has 2 aromatic rings. The summed E-state index contributed by atoms with van der Waals surface area (Å²) in [5.41, 5.74) is 6.77. The lowest BCUT2D eigenvalue weighted by Crippen LogP contribution is -2.23. The maximum absolute atomic E-state index is 5.50. The number of methoxy groups -OCH3 is 1. The van der Waals surface area contributed by atoms with E-state index >= 15 is 0 Å². The third kappa shape index (κ3) is 3.06. The van der Waals surface area contributed by atoms with E-state index in [2.05, 4.69) is 27.2 Å². The molecule has 1 fully saturated rings. The van der Waals surface area contributed by atoms with Gasteiger partial charge in [-0.3, -0.25) is 4.90 Å². The molecule has 112 valence electrons. The minimum atomic E-state index is 0.284. The van der Waals surface area contributed by atoms with Gasteiger partial charge in [0.25, 0.3) is 0 Å². The fourth-order valence-electron chi connectivity index (χ4n) is 2.86. The van der Waals surface area contributed by atoms with Crippen LogP contribution in [0, 0.1) is 0 Å². The number of hydrogen-bond acceptors (Lipinski definition) is 6. The zero-order chi connectivity index (χ0) is 14.7. The van der Waals surface area contributed by atoms with Crippen LogP contribution < -0.4 is 10.5 Å². The molecule has 1 saturated heterocycles. The molecule has 0 radical (unpaired) electrons. The predicted molar refractivity (Wildman–Crippen MR) is 77.6 cm³/mol. The second-order valence-electron chi connectivity index (χ2n) is 5.21. The standard InChI is InChI=1S/C15H20N4O2/c1-20-12-5-2-4-11(8-12)13-6-3-7-19(13)10-14-17-15(9-16)21-18-14/h2,4-5,8,13H,3,6-7,9-10,16H2,1H3. The van der Waals surface area contributed by atoms with Crippen molar-refractivity contribution in [3.05, 3.63) is 41.5 Å². The van der Waals surface area contributed by atoms with Crippen molar-refractivity contribution in [2.24, 2.45) is 5.73 Å². The van der Waals surface area contributed by atoms with E-state index < -0.39 is 0 Å². The summed E-state index contributed by atoms with van der Waals surface area (Å²) >= 11 is 0. The molecule has 0 aliphatic carbocycles. The third-order valence-electron chi connectivity index (χ3n) is 3.87. The first-order chi connectivity index (χ1) is 10.3. The van der Waals surface area contributed by atoms with Crippen LogP contribution in [0.25, 0.3) is 0 Å². The summed E-state index contributed by atoms with van der Waals surface area (Å²) in [6.45, 7) is 2.01. The van der Waals surface area contributed by atoms with Crippen LogP contribution in [-0.4, -0.2) is 28.7 Å². The summed E-state index contributed by atoms with van der Waals surface area (Å²) in [4.78, 5) is 6.66. The maximum atomic E-state index is 5.50. The third-order valence-corrected chi connectivity index (χ3v) is 3.87. The Morgan fingerprint density at radius 3 is 3.14 bits per heavy atom. The highest BCUT2D eigenvalue weighted by Crippen LogP contribution is 2.34. The van der Waals surface area contributed by atoms with Gasteiger partial charge >= 0.3 is 0 Å². The molecular formula is C15H20N4O2. The van der Waals surface area contributed by atoms with Gasteiger partial charge in [-0.15, -0.1) is 0 Å². The van der Waals surface area contributed by atoms with E-state index in [0.717, 1.165) is 18.7 Å². The molecule has 1 aliphatic heterocycles. The highest BCUT2D eigenvalue weighted by Gasteiger charge is 2.27. The lowest BCUT2D eigenvalue weighted by Gasteiger charge is -2.23. The fraction of sp³-hybridized carbons (Fsp3) is 0.467. The van der Waals surface area contributed by atoms with Gasteiger partial charge in [-0.25, -0.2) is 0 Å². The van der Waals surface area contributed by atoms with Gasteiger partial charge in [-0.2, -0.15) is 4.98 Å². The minimum Gasteiger partial charge on any atom is -0.497 e. The molecule has 0 amide bonds. The highest BCUT2D eigenvalue weighted by atomic mass is 16.5. The van der Waals surface area contributed by atoms with Gasteiger partial charge in [-0.05, 0) is 37.1 Å². The van der Waals surface area contributed by atoms with Gasteiger partial charge in [0, 0.05) is 6.04 Å². The van der Waals surface area contributed by atoms with Crippen molar-refractivity contribution in [3.63, 3.8) is 0 Å². The van der Waals surface area contributed by atoms with Crippen LogP contribution >= 0.6 is 0 Å². The number of aromatic nitrogens is 2. The molecule has 3 rings (SSSR count). The molecule has 6 heteroatoms. The van der Waals surface area contributed by atoms with Crippen molar-refractivity contribution in [1.29, 1.82) is 0 Å². The minimum absolute atomic E-state index is 0.284. The van der Waals surface area contributed by atoms with E-state index in [0.29, 0.717) is 24.3 Å². The van der Waals surface area contributed by atoms with Gasteiger partial charge in [-0.1, -0.05) is 17.3 Å². The normalized spacial score (nSPS) is 19.0. The zero-order valence-corrected chi connectivity index (χ0v) is 12.2. The van der Waals surface area contributed by atoms with Crippen molar-refractivity contribution in [3.8, 4) is 5.75 Å². The monoisotopic (exact) mass is 288 g/mol. The molecule has 2 heterocycles. The number of likely N-dealkylation sites (tertiary alicyclic amines) is 1. The lowest BCUT2D eigenvalue weighted by molar-refractivity contribution is 0.237. The Labute approximate surface area is 123 Å². The first kappa shape index (κ1) is 14.0. The number of nitrogens with zero attached hydrogens (tertiary/aromatic N) is 3. The van der Waals surface area contributed by atoms with Gasteiger partial charge in [0.1, 0.15) is 5.75 Å². The van der Waals surface area contributed by atoms with E-state index in [1.54, 1.807) is 7.11 Å². The average Bonchev–Trinajstić information content (AvgIpc) is 3.17. The molecule has 1 aromatic carbocycles. The summed E-state index contributed by atoms with van der Waals surface area (Å²) < 4.78 is 10.4. The Bertz CT molecular complexity index is 599. The topological polar surface area (TPSA) is 77.4 Å². The summed E-state index contributed by atoms with van der Waals surface area (Å²) in [5.74, 6) is 2.08. The Balaban J connectivity index is 1.75. The van der Waals surface area contributed by atoms with Crippen LogP contribution in [-0.2, 0) is 13.1 Å². The van der Waals surface area contributed by atoms with Gasteiger partial charge in [0.05, 0.1) is 20.2 Å². The van der Waals surface area contributed by atoms with Crippen LogP contribution in [0.1, 0.15) is 36.2 Å². The van der Waals surface area contributed by atoms with Crippen molar-refractivity contribution < 1.29 is 9.26 Å². The molecule has 1 unspecified atom stereocenters. The van der Waals surface area contributed by atoms with Crippen molar-refractivity contribution >= 4 is 0 Å².